The van der Waals surface area contributed by atoms with Gasteiger partial charge in [-0.3, -0.25) is 0 Å². The molecule has 2 aromatic rings. The van der Waals surface area contributed by atoms with Gasteiger partial charge in [-0.15, -0.1) is 0 Å². The average Bonchev–Trinajstić information content (AvgIpc) is 2.35. The summed E-state index contributed by atoms with van der Waals surface area (Å²) in [6, 6.07) is 6.58. The van der Waals surface area contributed by atoms with Crippen LogP contribution in [0.25, 0.3) is 10.8 Å². The largest absolute Gasteiger partial charge is 0.204 e. The zero-order chi connectivity index (χ0) is 13.0. The molecule has 0 amide bonds. The Morgan fingerprint density at radius 1 is 1.06 bits per heavy atom. The van der Waals surface area contributed by atoms with Gasteiger partial charge in [-0.25, -0.2) is 8.78 Å². The van der Waals surface area contributed by atoms with Gasteiger partial charge in [-0.1, -0.05) is 44.5 Å². The summed E-state index contributed by atoms with van der Waals surface area (Å²) in [7, 11) is 0. The van der Waals surface area contributed by atoms with Crippen molar-refractivity contribution in [2.75, 3.05) is 0 Å². The Morgan fingerprint density at radius 3 is 2.29 bits per heavy atom. The molecule has 2 aromatic carbocycles. The first-order valence-corrected chi connectivity index (χ1v) is 6.00. The number of fused-ring (bicyclic) bond motifs is 1. The lowest BCUT2D eigenvalue weighted by Crippen LogP contribution is -1.92. The maximum absolute atomic E-state index is 13.6. The summed E-state index contributed by atoms with van der Waals surface area (Å²) in [6.07, 6.45) is 0.707. The minimum atomic E-state index is -0.777. The molecule has 0 saturated heterocycles. The predicted molar refractivity (Wildman–Crippen MR) is 69.3 cm³/mol. The number of benzene rings is 2. The Balaban J connectivity index is 0.000000686. The van der Waals surface area contributed by atoms with Crippen LogP contribution in [0.3, 0.4) is 0 Å². The average molecular weight is 236 g/mol. The van der Waals surface area contributed by atoms with Crippen LogP contribution in [-0.2, 0) is 6.42 Å². The van der Waals surface area contributed by atoms with Crippen LogP contribution >= 0.6 is 0 Å². The van der Waals surface area contributed by atoms with E-state index in [1.54, 1.807) is 6.07 Å². The molecule has 0 atom stereocenters. The molecule has 0 aromatic heterocycles. The first kappa shape index (κ1) is 13.6. The van der Waals surface area contributed by atoms with Crippen molar-refractivity contribution in [1.29, 1.82) is 0 Å². The lowest BCUT2D eigenvalue weighted by molar-refractivity contribution is 0.516. The zero-order valence-corrected chi connectivity index (χ0v) is 10.8. The van der Waals surface area contributed by atoms with Gasteiger partial charge in [-0.2, -0.15) is 0 Å². The van der Waals surface area contributed by atoms with E-state index in [1.165, 1.54) is 6.07 Å². The van der Waals surface area contributed by atoms with Crippen LogP contribution in [0.5, 0.6) is 0 Å². The highest BCUT2D eigenvalue weighted by Gasteiger charge is 2.10. The normalized spacial score (nSPS) is 10.0. The molecule has 0 unspecified atom stereocenters. The third-order valence-corrected chi connectivity index (χ3v) is 2.61. The Labute approximate surface area is 101 Å². The second-order valence-corrected chi connectivity index (χ2v) is 3.74. The third-order valence-electron chi connectivity index (χ3n) is 2.61. The van der Waals surface area contributed by atoms with Gasteiger partial charge in [0.2, 0.25) is 0 Å². The van der Waals surface area contributed by atoms with Gasteiger partial charge in [0.15, 0.2) is 11.6 Å². The molecule has 0 fully saturated rings. The highest BCUT2D eigenvalue weighted by atomic mass is 19.2. The predicted octanol–water partition coefficient (Wildman–Crippen LogP) is 5.02. The van der Waals surface area contributed by atoms with Crippen LogP contribution in [0, 0.1) is 18.6 Å². The topological polar surface area (TPSA) is 0 Å². The molecule has 2 heteroatoms. The molecular formula is C15H18F2. The minimum absolute atomic E-state index is 0.420. The quantitative estimate of drug-likeness (QED) is 0.652. The van der Waals surface area contributed by atoms with E-state index in [0.29, 0.717) is 11.8 Å². The highest BCUT2D eigenvalue weighted by molar-refractivity contribution is 5.87. The number of rotatable bonds is 1. The van der Waals surface area contributed by atoms with Crippen molar-refractivity contribution in [3.05, 3.63) is 47.0 Å². The molecule has 0 aliphatic heterocycles. The van der Waals surface area contributed by atoms with Crippen LogP contribution in [0.15, 0.2) is 24.3 Å². The van der Waals surface area contributed by atoms with Gasteiger partial charge < -0.3 is 0 Å². The van der Waals surface area contributed by atoms with E-state index in [1.807, 2.05) is 39.8 Å². The lowest BCUT2D eigenvalue weighted by atomic mass is 9.99. The molecule has 0 N–H and O–H groups in total. The van der Waals surface area contributed by atoms with Crippen LogP contribution in [0.1, 0.15) is 31.9 Å². The zero-order valence-electron chi connectivity index (χ0n) is 10.8. The number of aryl methyl sites for hydroxylation is 2. The van der Waals surface area contributed by atoms with Crippen molar-refractivity contribution in [3.8, 4) is 0 Å². The molecule has 0 radical (unpaired) electrons. The summed E-state index contributed by atoms with van der Waals surface area (Å²) in [4.78, 5) is 0. The molecule has 0 saturated carbocycles. The fourth-order valence-electron chi connectivity index (χ4n) is 1.92. The first-order chi connectivity index (χ1) is 8.13. The van der Waals surface area contributed by atoms with Gasteiger partial charge in [0.05, 0.1) is 0 Å². The Hall–Kier alpha value is -1.44. The van der Waals surface area contributed by atoms with E-state index >= 15 is 0 Å². The lowest BCUT2D eigenvalue weighted by Gasteiger charge is -2.07. The molecule has 0 nitrogen and oxygen atoms in total. The van der Waals surface area contributed by atoms with E-state index in [-0.39, 0.29) is 0 Å². The summed E-state index contributed by atoms with van der Waals surface area (Å²) in [5, 5.41) is 1.19. The standard InChI is InChI=1S/C13H12F2.C2H6/c1-3-9-6-8(2)7-10-4-5-11(14)13(15)12(9)10;1-2/h4-7H,3H2,1-2H3;1-2H3. The first-order valence-electron chi connectivity index (χ1n) is 6.00. The molecule has 17 heavy (non-hydrogen) atoms. The molecule has 0 aliphatic carbocycles. The molecule has 0 bridgehead atoms. The van der Waals surface area contributed by atoms with Crippen LogP contribution in [-0.4, -0.2) is 0 Å². The minimum Gasteiger partial charge on any atom is -0.204 e. The monoisotopic (exact) mass is 236 g/mol. The van der Waals surface area contributed by atoms with E-state index in [9.17, 15) is 8.78 Å². The van der Waals surface area contributed by atoms with Gasteiger partial charge in [0.25, 0.3) is 0 Å². The maximum atomic E-state index is 13.6. The summed E-state index contributed by atoms with van der Waals surface area (Å²) >= 11 is 0. The van der Waals surface area contributed by atoms with Crippen LogP contribution in [0.4, 0.5) is 8.78 Å². The van der Waals surface area contributed by atoms with E-state index < -0.39 is 11.6 Å². The van der Waals surface area contributed by atoms with Crippen molar-refractivity contribution in [3.63, 3.8) is 0 Å². The van der Waals surface area contributed by atoms with E-state index in [4.69, 9.17) is 0 Å². The molecule has 0 aliphatic rings. The van der Waals surface area contributed by atoms with Gasteiger partial charge >= 0.3 is 0 Å². The number of hydrogen-bond donors (Lipinski definition) is 0. The highest BCUT2D eigenvalue weighted by Crippen LogP contribution is 2.26. The fourth-order valence-corrected chi connectivity index (χ4v) is 1.92. The molecule has 0 spiro atoms. The van der Waals surface area contributed by atoms with Crippen molar-refractivity contribution in [1.82, 2.24) is 0 Å². The second-order valence-electron chi connectivity index (χ2n) is 3.74. The SMILES string of the molecule is CC.CCc1cc(C)cc2ccc(F)c(F)c12. The Morgan fingerprint density at radius 2 is 1.71 bits per heavy atom. The van der Waals surface area contributed by atoms with Crippen molar-refractivity contribution >= 4 is 10.8 Å². The van der Waals surface area contributed by atoms with Crippen molar-refractivity contribution in [2.24, 2.45) is 0 Å². The molecule has 92 valence electrons. The summed E-state index contributed by atoms with van der Waals surface area (Å²) in [6.45, 7) is 7.90. The second kappa shape index (κ2) is 5.76. The van der Waals surface area contributed by atoms with Crippen molar-refractivity contribution < 1.29 is 8.78 Å². The molecule has 0 heterocycles. The smallest absolute Gasteiger partial charge is 0.166 e. The van der Waals surface area contributed by atoms with Gasteiger partial charge in [0.1, 0.15) is 0 Å². The number of hydrogen-bond acceptors (Lipinski definition) is 0. The van der Waals surface area contributed by atoms with Gasteiger partial charge in [0, 0.05) is 5.39 Å². The Kier molecular flexibility index (Phi) is 4.62. The number of halogens is 2. The molecular weight excluding hydrogens is 218 g/mol. The summed E-state index contributed by atoms with van der Waals surface area (Å²) in [5.74, 6) is -1.51. The van der Waals surface area contributed by atoms with Gasteiger partial charge in [-0.05, 0) is 30.4 Å². The summed E-state index contributed by atoms with van der Waals surface area (Å²) < 4.78 is 26.7. The molecule has 2 rings (SSSR count). The third kappa shape index (κ3) is 2.63. The Bertz CT molecular complexity index is 516. The maximum Gasteiger partial charge on any atom is 0.166 e. The van der Waals surface area contributed by atoms with E-state index in [2.05, 4.69) is 0 Å². The fraction of sp³-hybridized carbons (Fsp3) is 0.333. The van der Waals surface area contributed by atoms with Crippen LogP contribution < -0.4 is 0 Å². The summed E-state index contributed by atoms with van der Waals surface area (Å²) in [5.41, 5.74) is 1.94. The van der Waals surface area contributed by atoms with Crippen LogP contribution in [0.2, 0.25) is 0 Å². The van der Waals surface area contributed by atoms with E-state index in [0.717, 1.165) is 16.5 Å². The van der Waals surface area contributed by atoms with Crippen molar-refractivity contribution in [2.45, 2.75) is 34.1 Å².